The highest BCUT2D eigenvalue weighted by atomic mass is 32.1. The molecule has 0 fully saturated rings. The Hall–Kier alpha value is -3.42. The predicted molar refractivity (Wildman–Crippen MR) is 126 cm³/mol. The molecule has 2 amide bonds. The van der Waals surface area contributed by atoms with Crippen molar-refractivity contribution >= 4 is 45.8 Å². The van der Waals surface area contributed by atoms with Gasteiger partial charge in [0, 0.05) is 21.9 Å². The van der Waals surface area contributed by atoms with Crippen molar-refractivity contribution in [2.75, 3.05) is 11.9 Å². The average molecular weight is 483 g/mol. The topological polar surface area (TPSA) is 117 Å². The average Bonchev–Trinajstić information content (AvgIpc) is 3.54. The number of amides is 2. The molecule has 1 aliphatic carbocycles. The summed E-state index contributed by atoms with van der Waals surface area (Å²) in [7, 11) is 0. The molecule has 8 nitrogen and oxygen atoms in total. The van der Waals surface area contributed by atoms with E-state index in [0.717, 1.165) is 21.7 Å². The quantitative estimate of drug-likeness (QED) is 0.473. The summed E-state index contributed by atoms with van der Waals surface area (Å²) >= 11 is 2.97. The third-order valence-corrected chi connectivity index (χ3v) is 7.21. The van der Waals surface area contributed by atoms with Crippen LogP contribution in [-0.2, 0) is 28.9 Å². The van der Waals surface area contributed by atoms with Crippen molar-refractivity contribution in [1.29, 1.82) is 5.26 Å². The maximum absolute atomic E-state index is 12.3. The van der Waals surface area contributed by atoms with Gasteiger partial charge in [0.15, 0.2) is 0 Å². The van der Waals surface area contributed by atoms with Crippen LogP contribution in [0.3, 0.4) is 0 Å². The van der Waals surface area contributed by atoms with Gasteiger partial charge in [0.2, 0.25) is 5.91 Å². The normalized spacial score (nSPS) is 15.1. The standard InChI is InChI=1S/C23H22N4O4S2/c1-14-9-16(27-31-14)12-25-23(29)30-13-15-4-6-18-19(11-24)22(33-20(18)10-15)26-21(28)7-5-17-3-2-8-32-17/h2-3,5,7-9,15H,4,6,10,12-13H2,1H3,(H,25,29)(H,26,28)/b7-5+. The van der Waals surface area contributed by atoms with Crippen LogP contribution >= 0.6 is 22.7 Å². The number of nitriles is 1. The molecule has 0 bridgehead atoms. The minimum absolute atomic E-state index is 0.157. The molecule has 33 heavy (non-hydrogen) atoms. The molecule has 3 aromatic rings. The summed E-state index contributed by atoms with van der Waals surface area (Å²) in [6.07, 6.45) is 4.94. The van der Waals surface area contributed by atoms with E-state index in [-0.39, 0.29) is 25.0 Å². The van der Waals surface area contributed by atoms with Crippen LogP contribution < -0.4 is 10.6 Å². The van der Waals surface area contributed by atoms with E-state index in [9.17, 15) is 14.9 Å². The molecule has 10 heteroatoms. The summed E-state index contributed by atoms with van der Waals surface area (Å²) in [5.74, 6) is 0.572. The lowest BCUT2D eigenvalue weighted by Crippen LogP contribution is -2.27. The maximum Gasteiger partial charge on any atom is 0.407 e. The van der Waals surface area contributed by atoms with Crippen LogP contribution in [0.25, 0.3) is 6.08 Å². The zero-order valence-corrected chi connectivity index (χ0v) is 19.6. The molecule has 4 rings (SSSR count). The van der Waals surface area contributed by atoms with Gasteiger partial charge in [-0.1, -0.05) is 11.2 Å². The molecule has 3 aromatic heterocycles. The number of carbonyl (C=O) groups excluding carboxylic acids is 2. The summed E-state index contributed by atoms with van der Waals surface area (Å²) in [5.41, 5.74) is 2.16. The van der Waals surface area contributed by atoms with E-state index in [4.69, 9.17) is 9.26 Å². The summed E-state index contributed by atoms with van der Waals surface area (Å²) in [4.78, 5) is 26.4. The third kappa shape index (κ3) is 5.88. The predicted octanol–water partition coefficient (Wildman–Crippen LogP) is 4.66. The fourth-order valence-corrected chi connectivity index (χ4v) is 5.54. The van der Waals surface area contributed by atoms with Gasteiger partial charge in [-0.2, -0.15) is 5.26 Å². The highest BCUT2D eigenvalue weighted by Crippen LogP contribution is 2.39. The lowest BCUT2D eigenvalue weighted by molar-refractivity contribution is -0.111. The fraction of sp³-hybridized carbons (Fsp3) is 0.304. The molecule has 170 valence electrons. The lowest BCUT2D eigenvalue weighted by atomic mass is 9.88. The molecule has 0 aliphatic heterocycles. The molecule has 1 atom stereocenters. The van der Waals surface area contributed by atoms with Crippen LogP contribution in [0.4, 0.5) is 9.80 Å². The monoisotopic (exact) mass is 482 g/mol. The number of alkyl carbamates (subject to hydrolysis) is 1. The van der Waals surface area contributed by atoms with E-state index in [2.05, 4.69) is 21.9 Å². The number of anilines is 1. The van der Waals surface area contributed by atoms with Crippen LogP contribution in [0.5, 0.6) is 0 Å². The van der Waals surface area contributed by atoms with Gasteiger partial charge in [-0.25, -0.2) is 4.79 Å². The van der Waals surface area contributed by atoms with Crippen LogP contribution in [0.2, 0.25) is 0 Å². The minimum atomic E-state index is -0.504. The summed E-state index contributed by atoms with van der Waals surface area (Å²) in [6.45, 7) is 2.31. The van der Waals surface area contributed by atoms with Crippen LogP contribution in [0.15, 0.2) is 34.2 Å². The number of aromatic nitrogens is 1. The zero-order valence-electron chi connectivity index (χ0n) is 17.9. The smallest absolute Gasteiger partial charge is 0.407 e. The number of nitrogens with zero attached hydrogens (tertiary/aromatic N) is 2. The molecule has 0 saturated heterocycles. The minimum Gasteiger partial charge on any atom is -0.449 e. The summed E-state index contributed by atoms with van der Waals surface area (Å²) in [6, 6.07) is 7.84. The largest absolute Gasteiger partial charge is 0.449 e. The first kappa shape index (κ1) is 22.8. The van der Waals surface area contributed by atoms with Crippen molar-refractivity contribution < 1.29 is 18.8 Å². The van der Waals surface area contributed by atoms with E-state index < -0.39 is 6.09 Å². The second kappa shape index (κ2) is 10.5. The number of carbonyl (C=O) groups is 2. The third-order valence-electron chi connectivity index (χ3n) is 5.20. The number of ether oxygens (including phenoxy) is 1. The Bertz CT molecular complexity index is 1200. The molecule has 1 unspecified atom stereocenters. The Labute approximate surface area is 198 Å². The second-order valence-corrected chi connectivity index (χ2v) is 9.73. The molecule has 0 saturated carbocycles. The van der Waals surface area contributed by atoms with E-state index in [0.29, 0.717) is 34.9 Å². The number of thiophene rings is 2. The Morgan fingerprint density at radius 3 is 3.06 bits per heavy atom. The Morgan fingerprint density at radius 2 is 2.33 bits per heavy atom. The van der Waals surface area contributed by atoms with Crippen molar-refractivity contribution in [3.8, 4) is 6.07 Å². The van der Waals surface area contributed by atoms with Gasteiger partial charge in [-0.15, -0.1) is 22.7 Å². The van der Waals surface area contributed by atoms with Crippen molar-refractivity contribution in [2.45, 2.75) is 32.7 Å². The number of hydrogen-bond acceptors (Lipinski definition) is 8. The van der Waals surface area contributed by atoms with Gasteiger partial charge in [-0.05, 0) is 55.2 Å². The summed E-state index contributed by atoms with van der Waals surface area (Å²) in [5, 5.41) is 21.5. The van der Waals surface area contributed by atoms with Gasteiger partial charge in [0.25, 0.3) is 0 Å². The molecular formula is C23H22N4O4S2. The van der Waals surface area contributed by atoms with Crippen LogP contribution in [0, 0.1) is 24.2 Å². The second-order valence-electron chi connectivity index (χ2n) is 7.65. The van der Waals surface area contributed by atoms with Crippen molar-refractivity contribution in [1.82, 2.24) is 10.5 Å². The highest BCUT2D eigenvalue weighted by molar-refractivity contribution is 7.16. The van der Waals surface area contributed by atoms with Gasteiger partial charge in [0.05, 0.1) is 18.7 Å². The van der Waals surface area contributed by atoms with Crippen molar-refractivity contribution in [2.24, 2.45) is 5.92 Å². The first-order chi connectivity index (χ1) is 16.0. The first-order valence-corrected chi connectivity index (χ1v) is 12.1. The van der Waals surface area contributed by atoms with Crippen molar-refractivity contribution in [3.63, 3.8) is 0 Å². The number of aryl methyl sites for hydroxylation is 1. The Morgan fingerprint density at radius 1 is 1.45 bits per heavy atom. The van der Waals surface area contributed by atoms with E-state index in [1.54, 1.807) is 30.4 Å². The van der Waals surface area contributed by atoms with E-state index in [1.165, 1.54) is 17.4 Å². The molecule has 1 aliphatic rings. The van der Waals surface area contributed by atoms with Gasteiger partial charge in [-0.3, -0.25) is 4.79 Å². The molecule has 3 heterocycles. The van der Waals surface area contributed by atoms with Crippen LogP contribution in [0.1, 0.15) is 38.8 Å². The number of nitrogens with one attached hydrogen (secondary N) is 2. The Kier molecular flexibility index (Phi) is 7.22. The fourth-order valence-electron chi connectivity index (χ4n) is 3.61. The molecule has 0 aromatic carbocycles. The zero-order chi connectivity index (χ0) is 23.2. The number of fused-ring (bicyclic) bond motifs is 1. The Balaban J connectivity index is 1.31. The van der Waals surface area contributed by atoms with E-state index in [1.807, 2.05) is 17.5 Å². The molecule has 0 spiro atoms. The highest BCUT2D eigenvalue weighted by Gasteiger charge is 2.27. The SMILES string of the molecule is Cc1cc(CNC(=O)OCC2CCc3c(sc(NC(=O)/C=C/c4cccs4)c3C#N)C2)no1. The van der Waals surface area contributed by atoms with Gasteiger partial charge in [0.1, 0.15) is 22.5 Å². The molecule has 0 radical (unpaired) electrons. The van der Waals surface area contributed by atoms with Gasteiger partial charge < -0.3 is 19.9 Å². The lowest BCUT2D eigenvalue weighted by Gasteiger charge is -2.21. The maximum atomic E-state index is 12.3. The first-order valence-electron chi connectivity index (χ1n) is 10.4. The van der Waals surface area contributed by atoms with Gasteiger partial charge >= 0.3 is 6.09 Å². The molecule has 2 N–H and O–H groups in total. The molecular weight excluding hydrogens is 460 g/mol. The van der Waals surface area contributed by atoms with Crippen molar-refractivity contribution in [3.05, 3.63) is 62.0 Å². The van der Waals surface area contributed by atoms with E-state index >= 15 is 0 Å². The van der Waals surface area contributed by atoms with Crippen LogP contribution in [-0.4, -0.2) is 23.8 Å². The summed E-state index contributed by atoms with van der Waals surface area (Å²) < 4.78 is 10.3. The number of rotatable bonds is 7. The number of hydrogen-bond donors (Lipinski definition) is 2.